The zero-order valence-electron chi connectivity index (χ0n) is 4.71. The first-order chi connectivity index (χ1) is 3.46. The van der Waals surface area contributed by atoms with Crippen molar-refractivity contribution in [1.82, 2.24) is 0 Å². The summed E-state index contributed by atoms with van der Waals surface area (Å²) in [5.74, 6) is -1.67. The second-order valence-corrected chi connectivity index (χ2v) is 1.04. The number of hydrogen-bond acceptors (Lipinski definition) is 2. The van der Waals surface area contributed by atoms with Crippen LogP contribution >= 0.6 is 0 Å². The first-order valence-corrected chi connectivity index (χ1v) is 1.86. The van der Waals surface area contributed by atoms with E-state index in [0.717, 1.165) is 13.8 Å². The van der Waals surface area contributed by atoms with Gasteiger partial charge < -0.3 is 10.2 Å². The molecule has 2 N–H and O–H groups in total. The SMILES string of the molecule is CC(=O)O.CC(=O)O.[NaH].[NaH].[NaH].[NaH].[NaH].[NaH]. The Hall–Kier alpha value is 4.94. The van der Waals surface area contributed by atoms with Gasteiger partial charge in [0.2, 0.25) is 0 Å². The van der Waals surface area contributed by atoms with Crippen molar-refractivity contribution in [2.75, 3.05) is 0 Å². The zero-order valence-corrected chi connectivity index (χ0v) is 4.71. The number of hydrogen-bond donors (Lipinski definition) is 2. The van der Waals surface area contributed by atoms with E-state index in [1.54, 1.807) is 0 Å². The molecule has 0 spiro atoms. The molecular formula is C4H14Na6O4. The van der Waals surface area contributed by atoms with E-state index in [2.05, 4.69) is 0 Å². The summed E-state index contributed by atoms with van der Waals surface area (Å²) in [7, 11) is 0. The van der Waals surface area contributed by atoms with Crippen LogP contribution in [0.15, 0.2) is 0 Å². The first-order valence-electron chi connectivity index (χ1n) is 1.86. The normalized spacial score (nSPS) is 3.57. The third kappa shape index (κ3) is 176. The number of rotatable bonds is 0. The predicted molar refractivity (Wildman–Crippen MR) is 69.5 cm³/mol. The van der Waals surface area contributed by atoms with Crippen molar-refractivity contribution in [3.05, 3.63) is 0 Å². The number of carboxylic acid groups (broad SMARTS) is 2. The van der Waals surface area contributed by atoms with Gasteiger partial charge in [-0.25, -0.2) is 0 Å². The fraction of sp³-hybridized carbons (Fsp3) is 0.500. The third-order valence-electron chi connectivity index (χ3n) is 0. The molecule has 60 valence electrons. The minimum atomic E-state index is -0.833. The summed E-state index contributed by atoms with van der Waals surface area (Å²) in [6.45, 7) is 2.17. The number of carboxylic acids is 2. The number of aliphatic carboxylic acids is 2. The van der Waals surface area contributed by atoms with E-state index in [0.29, 0.717) is 0 Å². The summed E-state index contributed by atoms with van der Waals surface area (Å²) in [5.41, 5.74) is 0. The zero-order chi connectivity index (χ0) is 7.15. The average molecular weight is 264 g/mol. The second kappa shape index (κ2) is 43.0. The van der Waals surface area contributed by atoms with Crippen molar-refractivity contribution in [2.24, 2.45) is 0 Å². The van der Waals surface area contributed by atoms with E-state index in [1.807, 2.05) is 0 Å². The van der Waals surface area contributed by atoms with Crippen molar-refractivity contribution in [3.63, 3.8) is 0 Å². The van der Waals surface area contributed by atoms with Crippen LogP contribution in [0.5, 0.6) is 0 Å². The molecule has 0 heterocycles. The maximum absolute atomic E-state index is 9.00. The van der Waals surface area contributed by atoms with Gasteiger partial charge in [-0.3, -0.25) is 9.59 Å². The Labute approximate surface area is 217 Å². The molecule has 0 fully saturated rings. The third-order valence-corrected chi connectivity index (χ3v) is 0. The molecule has 0 aliphatic carbocycles. The van der Waals surface area contributed by atoms with Gasteiger partial charge in [0.05, 0.1) is 0 Å². The predicted octanol–water partition coefficient (Wildman–Crippen LogP) is -3.71. The summed E-state index contributed by atoms with van der Waals surface area (Å²) in [6.07, 6.45) is 0. The minimum absolute atomic E-state index is 0. The summed E-state index contributed by atoms with van der Waals surface area (Å²) in [5, 5.41) is 14.8. The van der Waals surface area contributed by atoms with E-state index < -0.39 is 11.9 Å². The van der Waals surface area contributed by atoms with Gasteiger partial charge in [0.15, 0.2) is 0 Å². The van der Waals surface area contributed by atoms with Crippen LogP contribution in [-0.4, -0.2) is 199 Å². The van der Waals surface area contributed by atoms with Gasteiger partial charge in [-0.2, -0.15) is 0 Å². The Bertz CT molecular complexity index is 79.8. The molecule has 10 heteroatoms. The molecule has 4 nitrogen and oxygen atoms in total. The van der Waals surface area contributed by atoms with Gasteiger partial charge in [-0.05, 0) is 0 Å². The Morgan fingerprint density at radius 1 is 0.643 bits per heavy atom. The molecule has 0 aromatic heterocycles. The molecule has 0 saturated heterocycles. The molecule has 0 aliphatic heterocycles. The Morgan fingerprint density at radius 2 is 0.643 bits per heavy atom. The molecule has 0 aromatic carbocycles. The van der Waals surface area contributed by atoms with Crippen LogP contribution < -0.4 is 0 Å². The molecule has 0 saturated carbocycles. The first kappa shape index (κ1) is 50.9. The van der Waals surface area contributed by atoms with Gasteiger partial charge in [0.25, 0.3) is 11.9 Å². The molecule has 14 heavy (non-hydrogen) atoms. The van der Waals surface area contributed by atoms with E-state index in [-0.39, 0.29) is 177 Å². The fourth-order valence-corrected chi connectivity index (χ4v) is 0. The van der Waals surface area contributed by atoms with E-state index in [4.69, 9.17) is 19.8 Å². The van der Waals surface area contributed by atoms with E-state index >= 15 is 0 Å². The van der Waals surface area contributed by atoms with Crippen molar-refractivity contribution >= 4 is 189 Å². The van der Waals surface area contributed by atoms with Gasteiger partial charge in [-0.1, -0.05) is 0 Å². The molecule has 0 bridgehead atoms. The quantitative estimate of drug-likeness (QED) is 0.441. The Balaban J connectivity index is -0.00000000600. The molecule has 0 aliphatic rings. The van der Waals surface area contributed by atoms with Gasteiger partial charge in [0.1, 0.15) is 0 Å². The van der Waals surface area contributed by atoms with Crippen LogP contribution in [0.3, 0.4) is 0 Å². The van der Waals surface area contributed by atoms with Crippen LogP contribution in [-0.2, 0) is 9.59 Å². The van der Waals surface area contributed by atoms with Crippen molar-refractivity contribution < 1.29 is 19.8 Å². The monoisotopic (exact) mass is 264 g/mol. The summed E-state index contributed by atoms with van der Waals surface area (Å²) < 4.78 is 0. The maximum atomic E-state index is 9.00. The topological polar surface area (TPSA) is 74.6 Å². The Kier molecular flexibility index (Phi) is 156. The summed E-state index contributed by atoms with van der Waals surface area (Å²) in [4.78, 5) is 18.0. The number of carbonyl (C=O) groups is 2. The fourth-order valence-electron chi connectivity index (χ4n) is 0. The van der Waals surface area contributed by atoms with Crippen LogP contribution in [0.2, 0.25) is 0 Å². The molecular weight excluding hydrogens is 250 g/mol. The molecule has 0 unspecified atom stereocenters. The molecule has 0 aromatic rings. The van der Waals surface area contributed by atoms with E-state index in [9.17, 15) is 0 Å². The van der Waals surface area contributed by atoms with Gasteiger partial charge >= 0.3 is 177 Å². The van der Waals surface area contributed by atoms with E-state index in [1.165, 1.54) is 0 Å². The van der Waals surface area contributed by atoms with Crippen LogP contribution in [0, 0.1) is 0 Å². The second-order valence-electron chi connectivity index (χ2n) is 1.04. The molecule has 0 radical (unpaired) electrons. The standard InChI is InChI=1S/2C2H4O2.6Na.6H/c2*1-2(3)4;;;;;;;;;;;;/h2*1H3,(H,3,4);;;;;;;;;;;;. The van der Waals surface area contributed by atoms with Crippen molar-refractivity contribution in [3.8, 4) is 0 Å². The molecule has 0 amide bonds. The summed E-state index contributed by atoms with van der Waals surface area (Å²) >= 11 is 0. The van der Waals surface area contributed by atoms with Crippen molar-refractivity contribution in [2.45, 2.75) is 13.8 Å². The van der Waals surface area contributed by atoms with Crippen LogP contribution in [0.4, 0.5) is 0 Å². The van der Waals surface area contributed by atoms with Crippen molar-refractivity contribution in [1.29, 1.82) is 0 Å². The van der Waals surface area contributed by atoms with Crippen LogP contribution in [0.25, 0.3) is 0 Å². The molecule has 0 rings (SSSR count). The Morgan fingerprint density at radius 3 is 0.643 bits per heavy atom. The average Bonchev–Trinajstić information content (AvgIpc) is 1.25. The van der Waals surface area contributed by atoms with Crippen LogP contribution in [0.1, 0.15) is 13.8 Å². The molecule has 0 atom stereocenters. The van der Waals surface area contributed by atoms with Gasteiger partial charge in [0, 0.05) is 13.8 Å². The van der Waals surface area contributed by atoms with Gasteiger partial charge in [-0.15, -0.1) is 0 Å². The summed E-state index contributed by atoms with van der Waals surface area (Å²) in [6, 6.07) is 0.